The summed E-state index contributed by atoms with van der Waals surface area (Å²) in [5.74, 6) is 0.359. The molecule has 0 fully saturated rings. The predicted molar refractivity (Wildman–Crippen MR) is 76.0 cm³/mol. The number of aryl methyl sites for hydroxylation is 1. The molecule has 2 N–H and O–H groups in total. The van der Waals surface area contributed by atoms with Gasteiger partial charge in [-0.05, 0) is 18.9 Å². The highest BCUT2D eigenvalue weighted by atomic mass is 16.5. The van der Waals surface area contributed by atoms with Gasteiger partial charge in [-0.25, -0.2) is 0 Å². The Kier molecular flexibility index (Phi) is 5.76. The van der Waals surface area contributed by atoms with Crippen LogP contribution in [0.4, 0.5) is 5.69 Å². The van der Waals surface area contributed by atoms with Gasteiger partial charge >= 0.3 is 0 Å². The van der Waals surface area contributed by atoms with Gasteiger partial charge in [0.15, 0.2) is 0 Å². The maximum Gasteiger partial charge on any atom is 0.255 e. The molecule has 1 rings (SSSR count). The number of carbonyl (C=O) groups excluding carboxylic acids is 1. The molecule has 0 atom stereocenters. The summed E-state index contributed by atoms with van der Waals surface area (Å²) in [5.41, 5.74) is 7.48. The predicted octanol–water partition coefficient (Wildman–Crippen LogP) is 1.72. The molecule has 1 heterocycles. The molecular weight excluding hydrogens is 242 g/mol. The van der Waals surface area contributed by atoms with Crippen molar-refractivity contribution in [3.05, 3.63) is 23.5 Å². The van der Waals surface area contributed by atoms with E-state index in [4.69, 9.17) is 10.5 Å². The minimum atomic E-state index is -0.0388. The molecule has 0 saturated carbocycles. The summed E-state index contributed by atoms with van der Waals surface area (Å²) < 4.78 is 5.06. The molecule has 0 aliphatic rings. The van der Waals surface area contributed by atoms with Crippen LogP contribution in [0.2, 0.25) is 0 Å². The number of methoxy groups -OCH3 is 1. The molecule has 0 aliphatic carbocycles. The van der Waals surface area contributed by atoms with E-state index >= 15 is 0 Å². The number of pyridine rings is 1. The second-order valence-electron chi connectivity index (χ2n) is 5.04. The molecule has 0 spiro atoms. The third-order valence-corrected chi connectivity index (χ3v) is 2.78. The topological polar surface area (TPSA) is 68.5 Å². The monoisotopic (exact) mass is 265 g/mol. The van der Waals surface area contributed by atoms with E-state index in [1.165, 1.54) is 0 Å². The van der Waals surface area contributed by atoms with E-state index < -0.39 is 0 Å². The standard InChI is InChI=1S/C14H23N3O2/c1-10(2)9-17(5-6-19-4)14(18)13-7-12(15)8-16-11(13)3/h7-8,10H,5-6,9,15H2,1-4H3. The van der Waals surface area contributed by atoms with Gasteiger partial charge in [-0.2, -0.15) is 0 Å². The Morgan fingerprint density at radius 3 is 2.79 bits per heavy atom. The average Bonchev–Trinajstić information content (AvgIpc) is 2.36. The Bertz CT molecular complexity index is 433. The van der Waals surface area contributed by atoms with Gasteiger partial charge in [-0.15, -0.1) is 0 Å². The Morgan fingerprint density at radius 1 is 1.53 bits per heavy atom. The summed E-state index contributed by atoms with van der Waals surface area (Å²) in [6, 6.07) is 1.69. The number of hydrogen-bond acceptors (Lipinski definition) is 4. The molecule has 0 radical (unpaired) electrons. The summed E-state index contributed by atoms with van der Waals surface area (Å²) in [6.45, 7) is 7.76. The van der Waals surface area contributed by atoms with E-state index in [-0.39, 0.29) is 5.91 Å². The van der Waals surface area contributed by atoms with Crippen LogP contribution in [0.5, 0.6) is 0 Å². The zero-order valence-electron chi connectivity index (χ0n) is 12.1. The van der Waals surface area contributed by atoms with E-state index in [0.717, 1.165) is 0 Å². The Labute approximate surface area is 114 Å². The first kappa shape index (κ1) is 15.4. The molecule has 0 aromatic carbocycles. The third-order valence-electron chi connectivity index (χ3n) is 2.78. The van der Waals surface area contributed by atoms with Gasteiger partial charge in [0.05, 0.1) is 29.7 Å². The van der Waals surface area contributed by atoms with Gasteiger partial charge in [0, 0.05) is 20.2 Å². The summed E-state index contributed by atoms with van der Waals surface area (Å²) in [7, 11) is 1.63. The van der Waals surface area contributed by atoms with Gasteiger partial charge in [0.2, 0.25) is 0 Å². The van der Waals surface area contributed by atoms with Crippen LogP contribution < -0.4 is 5.73 Å². The number of hydrogen-bond donors (Lipinski definition) is 1. The zero-order valence-corrected chi connectivity index (χ0v) is 12.1. The van der Waals surface area contributed by atoms with E-state index in [9.17, 15) is 4.79 Å². The van der Waals surface area contributed by atoms with Gasteiger partial charge in [0.25, 0.3) is 5.91 Å². The normalized spacial score (nSPS) is 10.8. The molecule has 1 aromatic rings. The SMILES string of the molecule is COCCN(CC(C)C)C(=O)c1cc(N)cnc1C. The van der Waals surface area contributed by atoms with Crippen LogP contribution in [0.15, 0.2) is 12.3 Å². The van der Waals surface area contributed by atoms with Crippen molar-refractivity contribution in [2.45, 2.75) is 20.8 Å². The van der Waals surface area contributed by atoms with Gasteiger partial charge in [-0.3, -0.25) is 9.78 Å². The van der Waals surface area contributed by atoms with Gasteiger partial charge < -0.3 is 15.4 Å². The molecule has 1 aromatic heterocycles. The minimum Gasteiger partial charge on any atom is -0.397 e. The Morgan fingerprint density at radius 2 is 2.21 bits per heavy atom. The lowest BCUT2D eigenvalue weighted by atomic mass is 10.1. The fourth-order valence-corrected chi connectivity index (χ4v) is 1.85. The maximum absolute atomic E-state index is 12.5. The molecule has 5 nitrogen and oxygen atoms in total. The molecule has 106 valence electrons. The van der Waals surface area contributed by atoms with E-state index in [1.54, 1.807) is 24.3 Å². The number of nitrogen functional groups attached to an aromatic ring is 1. The van der Waals surface area contributed by atoms with E-state index in [1.807, 2.05) is 6.92 Å². The first-order valence-electron chi connectivity index (χ1n) is 6.46. The quantitative estimate of drug-likeness (QED) is 0.850. The van der Waals surface area contributed by atoms with Crippen molar-refractivity contribution in [2.24, 2.45) is 5.92 Å². The van der Waals surface area contributed by atoms with Crippen molar-refractivity contribution in [3.8, 4) is 0 Å². The lowest BCUT2D eigenvalue weighted by molar-refractivity contribution is 0.0671. The highest BCUT2D eigenvalue weighted by molar-refractivity contribution is 5.96. The lowest BCUT2D eigenvalue weighted by Crippen LogP contribution is -2.37. The largest absolute Gasteiger partial charge is 0.397 e. The molecule has 19 heavy (non-hydrogen) atoms. The average molecular weight is 265 g/mol. The van der Waals surface area contributed by atoms with Crippen LogP contribution in [0.3, 0.4) is 0 Å². The maximum atomic E-state index is 12.5. The lowest BCUT2D eigenvalue weighted by Gasteiger charge is -2.25. The molecular formula is C14H23N3O2. The first-order valence-corrected chi connectivity index (χ1v) is 6.46. The number of ether oxygens (including phenoxy) is 1. The molecule has 5 heteroatoms. The van der Waals surface area contributed by atoms with Crippen molar-refractivity contribution in [1.82, 2.24) is 9.88 Å². The van der Waals surface area contributed by atoms with E-state index in [0.29, 0.717) is 42.6 Å². The van der Waals surface area contributed by atoms with Crippen LogP contribution in [-0.4, -0.2) is 42.6 Å². The number of anilines is 1. The molecule has 1 amide bonds. The van der Waals surface area contributed by atoms with Gasteiger partial charge in [-0.1, -0.05) is 13.8 Å². The number of nitrogens with two attached hydrogens (primary N) is 1. The van der Waals surface area contributed by atoms with Crippen LogP contribution in [0.1, 0.15) is 29.9 Å². The van der Waals surface area contributed by atoms with Crippen LogP contribution in [-0.2, 0) is 4.74 Å². The van der Waals surface area contributed by atoms with Crippen LogP contribution in [0, 0.1) is 12.8 Å². The fourth-order valence-electron chi connectivity index (χ4n) is 1.85. The molecule has 0 unspecified atom stereocenters. The van der Waals surface area contributed by atoms with Crippen molar-refractivity contribution in [1.29, 1.82) is 0 Å². The zero-order chi connectivity index (χ0) is 14.4. The van der Waals surface area contributed by atoms with E-state index in [2.05, 4.69) is 18.8 Å². The highest BCUT2D eigenvalue weighted by Gasteiger charge is 2.19. The van der Waals surface area contributed by atoms with Crippen molar-refractivity contribution >= 4 is 11.6 Å². The fraction of sp³-hybridized carbons (Fsp3) is 0.571. The number of nitrogens with zero attached hydrogens (tertiary/aromatic N) is 2. The minimum absolute atomic E-state index is 0.0388. The summed E-state index contributed by atoms with van der Waals surface area (Å²) in [5, 5.41) is 0. The second-order valence-corrected chi connectivity index (χ2v) is 5.04. The van der Waals surface area contributed by atoms with Gasteiger partial charge in [0.1, 0.15) is 0 Å². The van der Waals surface area contributed by atoms with Crippen molar-refractivity contribution in [2.75, 3.05) is 32.5 Å². The third kappa shape index (κ3) is 4.52. The van der Waals surface area contributed by atoms with Crippen molar-refractivity contribution < 1.29 is 9.53 Å². The second kappa shape index (κ2) is 7.09. The summed E-state index contributed by atoms with van der Waals surface area (Å²) >= 11 is 0. The summed E-state index contributed by atoms with van der Waals surface area (Å²) in [6.07, 6.45) is 1.56. The molecule has 0 saturated heterocycles. The number of amides is 1. The number of rotatable bonds is 6. The summed E-state index contributed by atoms with van der Waals surface area (Å²) in [4.78, 5) is 18.5. The molecule has 0 bridgehead atoms. The number of carbonyl (C=O) groups is 1. The molecule has 0 aliphatic heterocycles. The van der Waals surface area contributed by atoms with Crippen LogP contribution in [0.25, 0.3) is 0 Å². The van der Waals surface area contributed by atoms with Crippen molar-refractivity contribution in [3.63, 3.8) is 0 Å². The van der Waals surface area contributed by atoms with Crippen LogP contribution >= 0.6 is 0 Å². The smallest absolute Gasteiger partial charge is 0.255 e. The Hall–Kier alpha value is -1.62. The first-order chi connectivity index (χ1) is 8.95. The number of aromatic nitrogens is 1. The highest BCUT2D eigenvalue weighted by Crippen LogP contribution is 2.13. The Balaban J connectivity index is 2.93.